The molecule has 0 aliphatic carbocycles. The minimum Gasteiger partial charge on any atom is -0.465 e. The van der Waals surface area contributed by atoms with Gasteiger partial charge in [-0.25, -0.2) is 0 Å². The number of carbonyl (C=O) groups is 2. The van der Waals surface area contributed by atoms with Crippen LogP contribution in [0.25, 0.3) is 0 Å². The predicted molar refractivity (Wildman–Crippen MR) is 110 cm³/mol. The lowest BCUT2D eigenvalue weighted by molar-refractivity contribution is -0.144. The van der Waals surface area contributed by atoms with E-state index in [1.807, 2.05) is 13.8 Å². The topological polar surface area (TPSA) is 52.6 Å². The van der Waals surface area contributed by atoms with E-state index in [1.165, 1.54) is 12.1 Å². The van der Waals surface area contributed by atoms with E-state index in [4.69, 9.17) is 44.3 Å². The van der Waals surface area contributed by atoms with Gasteiger partial charge >= 0.3 is 11.9 Å². The van der Waals surface area contributed by atoms with Crippen molar-refractivity contribution in [2.75, 3.05) is 6.61 Å². The molecule has 0 spiro atoms. The maximum atomic E-state index is 11.8. The normalized spacial score (nSPS) is 10.9. The number of halogens is 3. The minimum absolute atomic E-state index is 0.117. The Kier molecular flexibility index (Phi) is 11.8. The molecule has 1 rings (SSSR count). The van der Waals surface area contributed by atoms with Crippen LogP contribution in [0.15, 0.2) is 12.1 Å². The van der Waals surface area contributed by atoms with Crippen molar-refractivity contribution in [2.24, 2.45) is 5.92 Å². The lowest BCUT2D eigenvalue weighted by Gasteiger charge is -2.07. The monoisotopic (exact) mass is 436 g/mol. The van der Waals surface area contributed by atoms with Gasteiger partial charge in [0.05, 0.1) is 21.7 Å². The molecule has 27 heavy (non-hydrogen) atoms. The highest BCUT2D eigenvalue weighted by Gasteiger charge is 2.10. The zero-order chi connectivity index (χ0) is 20.2. The average molecular weight is 438 g/mol. The molecule has 0 saturated carbocycles. The third kappa shape index (κ3) is 10.8. The van der Waals surface area contributed by atoms with Crippen molar-refractivity contribution in [2.45, 2.75) is 65.2 Å². The van der Waals surface area contributed by atoms with Gasteiger partial charge in [-0.15, -0.1) is 0 Å². The van der Waals surface area contributed by atoms with Gasteiger partial charge < -0.3 is 9.47 Å². The summed E-state index contributed by atoms with van der Waals surface area (Å²) in [4.78, 5) is 23.3. The summed E-state index contributed by atoms with van der Waals surface area (Å²) in [6.45, 7) is 4.52. The second kappa shape index (κ2) is 13.2. The van der Waals surface area contributed by atoms with Crippen molar-refractivity contribution in [1.29, 1.82) is 0 Å². The molecule has 0 amide bonds. The lowest BCUT2D eigenvalue weighted by atomic mass is 10.1. The third-order valence-corrected chi connectivity index (χ3v) is 4.98. The summed E-state index contributed by atoms with van der Waals surface area (Å²) in [5, 5.41) is 0.742. The fourth-order valence-corrected chi connectivity index (χ4v) is 2.93. The highest BCUT2D eigenvalue weighted by atomic mass is 35.5. The number of carbonyl (C=O) groups excluding carboxylic acids is 2. The molecular formula is C20H27Cl3O4. The van der Waals surface area contributed by atoms with Gasteiger partial charge in [-0.3, -0.25) is 9.59 Å². The van der Waals surface area contributed by atoms with E-state index in [-0.39, 0.29) is 27.0 Å². The smallest absolute Gasteiger partial charge is 0.311 e. The van der Waals surface area contributed by atoms with E-state index < -0.39 is 0 Å². The number of unbranched alkanes of at least 4 members (excludes halogenated alkanes) is 5. The fourth-order valence-electron chi connectivity index (χ4n) is 2.35. The molecular weight excluding hydrogens is 411 g/mol. The van der Waals surface area contributed by atoms with Crippen molar-refractivity contribution >= 4 is 46.7 Å². The van der Waals surface area contributed by atoms with Crippen LogP contribution in [0.5, 0.6) is 5.75 Å². The summed E-state index contributed by atoms with van der Waals surface area (Å²) < 4.78 is 10.4. The van der Waals surface area contributed by atoms with Gasteiger partial charge in [0.15, 0.2) is 0 Å². The molecule has 0 bridgehead atoms. The van der Waals surface area contributed by atoms with E-state index in [9.17, 15) is 9.59 Å². The summed E-state index contributed by atoms with van der Waals surface area (Å²) in [6.07, 6.45) is 6.39. The molecule has 0 radical (unpaired) electrons. The van der Waals surface area contributed by atoms with E-state index in [0.717, 1.165) is 38.5 Å². The van der Waals surface area contributed by atoms with Crippen LogP contribution < -0.4 is 4.74 Å². The first-order valence-corrected chi connectivity index (χ1v) is 10.4. The highest BCUT2D eigenvalue weighted by molar-refractivity contribution is 6.48. The Hall–Kier alpha value is -0.970. The average Bonchev–Trinajstić information content (AvgIpc) is 2.60. The Balaban J connectivity index is 2.06. The Bertz CT molecular complexity index is 594. The number of benzene rings is 1. The summed E-state index contributed by atoms with van der Waals surface area (Å²) in [7, 11) is 0. The van der Waals surface area contributed by atoms with Crippen LogP contribution in [-0.2, 0) is 14.3 Å². The SMILES string of the molecule is CC(C)COC(=O)CCCCCCCCC(=O)Oc1cc(Cl)c(Cl)c(Cl)c1. The quantitative estimate of drug-likeness (QED) is 0.155. The van der Waals surface area contributed by atoms with E-state index in [1.54, 1.807) is 0 Å². The Morgan fingerprint density at radius 1 is 0.852 bits per heavy atom. The molecule has 0 saturated heterocycles. The van der Waals surface area contributed by atoms with Gasteiger partial charge in [0, 0.05) is 25.0 Å². The summed E-state index contributed by atoms with van der Waals surface area (Å²) >= 11 is 17.7. The van der Waals surface area contributed by atoms with Crippen LogP contribution in [0.3, 0.4) is 0 Å². The third-order valence-electron chi connectivity index (χ3n) is 3.78. The molecule has 0 atom stereocenters. The molecule has 7 heteroatoms. The standard InChI is InChI=1S/C20H27Cl3O4/c1-14(2)13-26-18(24)9-7-5-3-4-6-8-10-19(25)27-15-11-16(21)20(23)17(22)12-15/h11-12,14H,3-10,13H2,1-2H3. The summed E-state index contributed by atoms with van der Waals surface area (Å²) in [5.41, 5.74) is 0. The molecule has 0 aromatic heterocycles. The van der Waals surface area contributed by atoms with Crippen LogP contribution in [0.2, 0.25) is 15.1 Å². The van der Waals surface area contributed by atoms with Gasteiger partial charge in [-0.1, -0.05) is 74.3 Å². The van der Waals surface area contributed by atoms with E-state index in [2.05, 4.69) is 0 Å². The number of hydrogen-bond donors (Lipinski definition) is 0. The van der Waals surface area contributed by atoms with Crippen LogP contribution in [0, 0.1) is 5.92 Å². The number of hydrogen-bond acceptors (Lipinski definition) is 4. The molecule has 0 N–H and O–H groups in total. The number of rotatable bonds is 12. The first kappa shape index (κ1) is 24.1. The van der Waals surface area contributed by atoms with Crippen molar-refractivity contribution in [3.63, 3.8) is 0 Å². The Labute approximate surface area is 176 Å². The van der Waals surface area contributed by atoms with Crippen molar-refractivity contribution in [1.82, 2.24) is 0 Å². The zero-order valence-electron chi connectivity index (χ0n) is 15.9. The molecule has 1 aromatic rings. The van der Waals surface area contributed by atoms with Crippen molar-refractivity contribution in [3.8, 4) is 5.75 Å². The lowest BCUT2D eigenvalue weighted by Crippen LogP contribution is -2.09. The molecule has 152 valence electrons. The number of ether oxygens (including phenoxy) is 2. The molecule has 0 fully saturated rings. The molecule has 0 heterocycles. The maximum absolute atomic E-state index is 11.8. The van der Waals surface area contributed by atoms with Gasteiger partial charge in [0.25, 0.3) is 0 Å². The number of esters is 2. The van der Waals surface area contributed by atoms with Gasteiger partial charge in [-0.2, -0.15) is 0 Å². The maximum Gasteiger partial charge on any atom is 0.311 e. The van der Waals surface area contributed by atoms with E-state index >= 15 is 0 Å². The summed E-state index contributed by atoms with van der Waals surface area (Å²) in [5.74, 6) is 0.226. The van der Waals surface area contributed by atoms with Gasteiger partial charge in [-0.05, 0) is 18.8 Å². The molecule has 0 aliphatic rings. The predicted octanol–water partition coefficient (Wildman–Crippen LogP) is 6.87. The largest absolute Gasteiger partial charge is 0.465 e. The second-order valence-electron chi connectivity index (χ2n) is 6.87. The Morgan fingerprint density at radius 3 is 1.85 bits per heavy atom. The van der Waals surface area contributed by atoms with Crippen LogP contribution >= 0.6 is 34.8 Å². The molecule has 4 nitrogen and oxygen atoms in total. The van der Waals surface area contributed by atoms with Gasteiger partial charge in [0.2, 0.25) is 0 Å². The van der Waals surface area contributed by atoms with Crippen molar-refractivity contribution in [3.05, 3.63) is 27.2 Å². The van der Waals surface area contributed by atoms with E-state index in [0.29, 0.717) is 31.1 Å². The Morgan fingerprint density at radius 2 is 1.33 bits per heavy atom. The molecule has 0 aliphatic heterocycles. The zero-order valence-corrected chi connectivity index (χ0v) is 18.1. The summed E-state index contributed by atoms with van der Waals surface area (Å²) in [6, 6.07) is 2.94. The fraction of sp³-hybridized carbons (Fsp3) is 0.600. The van der Waals surface area contributed by atoms with Crippen molar-refractivity contribution < 1.29 is 19.1 Å². The van der Waals surface area contributed by atoms with Crippen LogP contribution in [-0.4, -0.2) is 18.5 Å². The van der Waals surface area contributed by atoms with Crippen LogP contribution in [0.1, 0.15) is 65.2 Å². The first-order chi connectivity index (χ1) is 12.8. The van der Waals surface area contributed by atoms with Crippen LogP contribution in [0.4, 0.5) is 0 Å². The highest BCUT2D eigenvalue weighted by Crippen LogP contribution is 2.34. The molecule has 0 unspecified atom stereocenters. The molecule has 1 aromatic carbocycles. The van der Waals surface area contributed by atoms with Gasteiger partial charge in [0.1, 0.15) is 5.75 Å². The second-order valence-corrected chi connectivity index (χ2v) is 8.07. The minimum atomic E-state index is -0.322. The first-order valence-electron chi connectivity index (χ1n) is 9.30.